The zero-order chi connectivity index (χ0) is 33.0. The van der Waals surface area contributed by atoms with Gasteiger partial charge in [0.1, 0.15) is 58.2 Å². The molecule has 12 nitrogen and oxygen atoms in total. The fraction of sp³-hybridized carbons (Fsp3) is 0.353. The summed E-state index contributed by atoms with van der Waals surface area (Å²) in [6.07, 6.45) is 5.30. The third-order valence-corrected chi connectivity index (χ3v) is 8.31. The van der Waals surface area contributed by atoms with Crippen LogP contribution in [0.3, 0.4) is 0 Å². The van der Waals surface area contributed by atoms with E-state index in [2.05, 4.69) is 15.3 Å². The van der Waals surface area contributed by atoms with Crippen molar-refractivity contribution < 1.29 is 28.9 Å². The Morgan fingerprint density at radius 2 is 2.00 bits per heavy atom. The van der Waals surface area contributed by atoms with E-state index >= 15 is 0 Å². The summed E-state index contributed by atoms with van der Waals surface area (Å²) in [5.41, 5.74) is 13.1. The van der Waals surface area contributed by atoms with Gasteiger partial charge in [-0.15, -0.1) is 0 Å². The lowest BCUT2D eigenvalue weighted by Crippen LogP contribution is -2.52. The molecule has 0 saturated heterocycles. The Hall–Kier alpha value is -4.94. The van der Waals surface area contributed by atoms with Gasteiger partial charge in [0.05, 0.1) is 0 Å². The molecule has 46 heavy (non-hydrogen) atoms. The molecule has 0 aliphatic carbocycles. The summed E-state index contributed by atoms with van der Waals surface area (Å²) in [6.45, 7) is 6.05. The van der Waals surface area contributed by atoms with Gasteiger partial charge in [-0.3, -0.25) is 4.79 Å². The Labute approximate surface area is 266 Å². The van der Waals surface area contributed by atoms with Crippen molar-refractivity contribution in [2.24, 2.45) is 0 Å². The maximum absolute atomic E-state index is 13.4. The van der Waals surface area contributed by atoms with Crippen LogP contribution in [0.4, 0.5) is 11.6 Å². The molecule has 1 aliphatic heterocycles. The Bertz CT molecular complexity index is 1840. The van der Waals surface area contributed by atoms with E-state index in [1.165, 1.54) is 0 Å². The molecular weight excluding hydrogens is 590 g/mol. The number of carbonyl (C=O) groups is 1. The summed E-state index contributed by atoms with van der Waals surface area (Å²) >= 11 is 0. The van der Waals surface area contributed by atoms with Gasteiger partial charge in [-0.05, 0) is 62.6 Å². The smallest absolute Gasteiger partial charge is 0.335 e. The van der Waals surface area contributed by atoms with E-state index in [-0.39, 0.29) is 35.3 Å². The number of rotatable bonds is 11. The van der Waals surface area contributed by atoms with Crippen molar-refractivity contribution in [3.8, 4) is 11.5 Å². The Balaban J connectivity index is 1.66. The van der Waals surface area contributed by atoms with E-state index in [9.17, 15) is 19.8 Å². The number of pyridine rings is 2. The van der Waals surface area contributed by atoms with Crippen molar-refractivity contribution in [1.82, 2.24) is 15.3 Å². The van der Waals surface area contributed by atoms with Crippen LogP contribution in [0.2, 0.25) is 0 Å². The van der Waals surface area contributed by atoms with Gasteiger partial charge in [0.25, 0.3) is 0 Å². The average molecular weight is 630 g/mol. The lowest BCUT2D eigenvalue weighted by atomic mass is 9.82. The number of aromatic hydroxyl groups is 1. The van der Waals surface area contributed by atoms with Crippen LogP contribution in [-0.2, 0) is 35.4 Å². The number of aliphatic hydroxyl groups excluding tert-OH is 1. The van der Waals surface area contributed by atoms with Gasteiger partial charge in [-0.1, -0.05) is 19.1 Å². The van der Waals surface area contributed by atoms with Gasteiger partial charge >= 0.3 is 5.97 Å². The first-order valence-electron chi connectivity index (χ1n) is 15.2. The lowest BCUT2D eigenvalue weighted by molar-refractivity contribution is -0.159. The maximum atomic E-state index is 13.4. The van der Waals surface area contributed by atoms with Crippen molar-refractivity contribution in [2.75, 3.05) is 24.6 Å². The molecule has 3 aromatic heterocycles. The standard InChI is InChI=1S/C34H39N5O7/c1-4-21(17-37-5-2)33(43)45-26-15-23-30(42)29-25(41)14-22(18-40)44-32(29)24(12-20-9-11-38-28(36)13-20)31(23)46-34(26,3)10-8-19-6-7-27(35)39-16-19/h4,6-7,9,11,13-14,16,26,37,40,42H,5,8,10,12,15,17-18H2,1-3H3,(H2,35,39)(H2,36,38)/b21-4-/t26-,34+/m1/s1. The minimum absolute atomic E-state index is 0.0353. The van der Waals surface area contributed by atoms with Gasteiger partial charge in [-0.25, -0.2) is 14.8 Å². The van der Waals surface area contributed by atoms with Crippen LogP contribution in [0.15, 0.2) is 63.6 Å². The molecule has 5 rings (SSSR count). The molecule has 242 valence electrons. The van der Waals surface area contributed by atoms with Crippen molar-refractivity contribution in [1.29, 1.82) is 0 Å². The zero-order valence-corrected chi connectivity index (χ0v) is 26.1. The van der Waals surface area contributed by atoms with Crippen LogP contribution >= 0.6 is 0 Å². The normalized spacial score (nSPS) is 17.8. The number of nitrogens with one attached hydrogen (secondary N) is 1. The summed E-state index contributed by atoms with van der Waals surface area (Å²) in [7, 11) is 0. The van der Waals surface area contributed by atoms with Crippen LogP contribution in [0, 0.1) is 0 Å². The second kappa shape index (κ2) is 13.6. The third kappa shape index (κ3) is 6.68. The van der Waals surface area contributed by atoms with E-state index in [0.717, 1.165) is 17.2 Å². The van der Waals surface area contributed by atoms with Crippen LogP contribution < -0.4 is 26.9 Å². The topological polar surface area (TPSA) is 196 Å². The number of fused-ring (bicyclic) bond motifs is 2. The number of carbonyl (C=O) groups excluding carboxylic acids is 1. The highest BCUT2D eigenvalue weighted by atomic mass is 16.6. The number of esters is 1. The van der Waals surface area contributed by atoms with Crippen LogP contribution in [0.25, 0.3) is 11.0 Å². The molecule has 0 unspecified atom stereocenters. The van der Waals surface area contributed by atoms with Crippen molar-refractivity contribution in [2.45, 2.75) is 64.8 Å². The fourth-order valence-corrected chi connectivity index (χ4v) is 5.69. The number of hydrogen-bond donors (Lipinski definition) is 5. The minimum atomic E-state index is -1.10. The molecule has 0 bridgehead atoms. The summed E-state index contributed by atoms with van der Waals surface area (Å²) in [5, 5.41) is 24.5. The van der Waals surface area contributed by atoms with Crippen molar-refractivity contribution >= 4 is 28.6 Å². The predicted octanol–water partition coefficient (Wildman–Crippen LogP) is 3.33. The second-order valence-electron chi connectivity index (χ2n) is 11.5. The van der Waals surface area contributed by atoms with Gasteiger partial charge in [0, 0.05) is 54.5 Å². The highest BCUT2D eigenvalue weighted by Crippen LogP contribution is 2.48. The third-order valence-electron chi connectivity index (χ3n) is 8.31. The number of likely N-dealkylation sites (N-methyl/N-ethyl adjacent to an activating group) is 1. The molecule has 0 saturated carbocycles. The number of aryl methyl sites for hydroxylation is 1. The number of hydrogen-bond acceptors (Lipinski definition) is 12. The number of allylic oxidation sites excluding steroid dienone is 1. The molecule has 12 heteroatoms. The average Bonchev–Trinajstić information content (AvgIpc) is 3.03. The second-order valence-corrected chi connectivity index (χ2v) is 11.5. The van der Waals surface area contributed by atoms with Crippen LogP contribution in [-0.4, -0.2) is 50.9 Å². The summed E-state index contributed by atoms with van der Waals surface area (Å²) in [6, 6.07) is 8.21. The number of phenols is 1. The SMILES string of the molecule is C/C=C(/CNCC)C(=O)O[C@@H]1Cc2c(c(Cc3ccnc(N)c3)c3oc(CO)cc(=O)c3c2O)O[C@@]1(C)CCc1ccc(N)nc1. The van der Waals surface area contributed by atoms with E-state index < -0.39 is 29.7 Å². The molecule has 0 fully saturated rings. The molecule has 0 spiro atoms. The molecular formula is C34H39N5O7. The molecule has 4 aromatic rings. The summed E-state index contributed by atoms with van der Waals surface area (Å²) in [4.78, 5) is 35.0. The number of aromatic nitrogens is 2. The monoisotopic (exact) mass is 629 g/mol. The molecule has 0 amide bonds. The van der Waals surface area contributed by atoms with E-state index in [1.54, 1.807) is 43.6 Å². The first kappa shape index (κ1) is 32.5. The number of nitrogens with two attached hydrogens (primary N) is 2. The fourth-order valence-electron chi connectivity index (χ4n) is 5.69. The number of nitrogen functional groups attached to an aromatic ring is 2. The highest BCUT2D eigenvalue weighted by molar-refractivity contribution is 5.91. The van der Waals surface area contributed by atoms with E-state index in [4.69, 9.17) is 25.4 Å². The first-order valence-corrected chi connectivity index (χ1v) is 15.2. The molecule has 4 heterocycles. The Kier molecular flexibility index (Phi) is 9.59. The predicted molar refractivity (Wildman–Crippen MR) is 173 cm³/mol. The van der Waals surface area contributed by atoms with Crippen LogP contribution in [0.5, 0.6) is 11.5 Å². The van der Waals surface area contributed by atoms with Gasteiger partial charge in [0.2, 0.25) is 0 Å². The molecule has 1 aliphatic rings. The quantitative estimate of drug-likeness (QED) is 0.120. The molecule has 0 radical (unpaired) electrons. The number of ether oxygens (including phenoxy) is 2. The van der Waals surface area contributed by atoms with E-state index in [1.807, 2.05) is 19.9 Å². The number of phenolic OH excluding ortho intramolecular Hbond substituents is 1. The maximum Gasteiger partial charge on any atom is 0.335 e. The van der Waals surface area contributed by atoms with Gasteiger partial charge < -0.3 is 40.9 Å². The number of nitrogens with zero attached hydrogens (tertiary/aromatic N) is 2. The van der Waals surface area contributed by atoms with Crippen molar-refractivity contribution in [3.63, 3.8) is 0 Å². The number of aliphatic hydroxyl groups is 1. The molecule has 1 aromatic carbocycles. The minimum Gasteiger partial charge on any atom is -0.507 e. The summed E-state index contributed by atoms with van der Waals surface area (Å²) < 4.78 is 19.0. The number of anilines is 2. The van der Waals surface area contributed by atoms with Crippen molar-refractivity contribution in [3.05, 3.63) is 92.6 Å². The summed E-state index contributed by atoms with van der Waals surface area (Å²) in [5.74, 6) is 0.207. The molecule has 2 atom stereocenters. The first-order chi connectivity index (χ1) is 22.1. The van der Waals surface area contributed by atoms with E-state index in [0.29, 0.717) is 60.0 Å². The Morgan fingerprint density at radius 1 is 1.20 bits per heavy atom. The van der Waals surface area contributed by atoms with Gasteiger partial charge in [0.15, 0.2) is 5.43 Å². The largest absolute Gasteiger partial charge is 0.507 e. The molecule has 7 N–H and O–H groups in total. The van der Waals surface area contributed by atoms with Crippen LogP contribution in [0.1, 0.15) is 55.2 Å². The highest BCUT2D eigenvalue weighted by Gasteiger charge is 2.46. The number of benzene rings is 1. The lowest BCUT2D eigenvalue weighted by Gasteiger charge is -2.43. The zero-order valence-electron chi connectivity index (χ0n) is 26.1. The van der Waals surface area contributed by atoms with Gasteiger partial charge in [-0.2, -0.15) is 0 Å². The Morgan fingerprint density at radius 3 is 2.67 bits per heavy atom.